The molecule has 2 aliphatic rings. The number of carbonyl (C=O) groups excluding carboxylic acids is 1. The van der Waals surface area contributed by atoms with Crippen LogP contribution in [0.3, 0.4) is 0 Å². The molecule has 0 saturated carbocycles. The van der Waals surface area contributed by atoms with Crippen LogP contribution in [0.5, 0.6) is 0 Å². The number of nitrogens with two attached hydrogens (primary N) is 1. The highest BCUT2D eigenvalue weighted by atomic mass is 35.5. The molecule has 2 fully saturated rings. The number of nitrogens with one attached hydrogen (secondary N) is 2. The van der Waals surface area contributed by atoms with E-state index in [0.717, 1.165) is 18.7 Å². The Bertz CT molecular complexity index is 229. The minimum atomic E-state index is 0. The molecule has 15 heavy (non-hydrogen) atoms. The zero-order chi connectivity index (χ0) is 9.97. The van der Waals surface area contributed by atoms with E-state index >= 15 is 0 Å². The van der Waals surface area contributed by atoms with Gasteiger partial charge in [0, 0.05) is 11.0 Å². The third kappa shape index (κ3) is 2.92. The summed E-state index contributed by atoms with van der Waals surface area (Å²) in [5.74, 6) is 1.05. The van der Waals surface area contributed by atoms with Gasteiger partial charge in [0.25, 0.3) is 0 Å². The molecule has 0 aromatic heterocycles. The molecule has 0 bridgehead atoms. The molecule has 0 radical (unpaired) electrons. The quantitative estimate of drug-likeness (QED) is 0.509. The molecule has 6 heteroatoms. The van der Waals surface area contributed by atoms with Gasteiger partial charge in [-0.15, -0.1) is 12.4 Å². The summed E-state index contributed by atoms with van der Waals surface area (Å²) in [5, 5.41) is 6.52. The Morgan fingerprint density at radius 1 is 1.40 bits per heavy atom. The van der Waals surface area contributed by atoms with E-state index in [1.165, 1.54) is 12.8 Å². The zero-order valence-electron chi connectivity index (χ0n) is 8.57. The summed E-state index contributed by atoms with van der Waals surface area (Å²) in [7, 11) is 0. The van der Waals surface area contributed by atoms with E-state index in [1.807, 2.05) is 11.8 Å². The van der Waals surface area contributed by atoms with Crippen molar-refractivity contribution in [1.29, 1.82) is 0 Å². The number of rotatable bonds is 4. The van der Waals surface area contributed by atoms with E-state index < -0.39 is 0 Å². The number of unbranched alkanes of at least 4 members (excludes halogenated alkanes) is 1. The fraction of sp³-hybridized carbons (Fsp3) is 0.889. The van der Waals surface area contributed by atoms with Gasteiger partial charge in [-0.2, -0.15) is 11.8 Å². The standard InChI is InChI=1S/C9H17N3OS.ClH/c10-4-2-1-3-7-8-6(5-14-7)11-9(13)12-8;/h6-8H,1-5,10H2,(H2,11,12,13);1H. The predicted octanol–water partition coefficient (Wildman–Crippen LogP) is 0.703. The van der Waals surface area contributed by atoms with Crippen LogP contribution in [0.15, 0.2) is 0 Å². The molecule has 2 amide bonds. The first-order chi connectivity index (χ1) is 6.81. The third-order valence-corrected chi connectivity index (χ3v) is 4.39. The van der Waals surface area contributed by atoms with E-state index in [-0.39, 0.29) is 18.4 Å². The molecule has 88 valence electrons. The van der Waals surface area contributed by atoms with Gasteiger partial charge in [0.05, 0.1) is 12.1 Å². The first-order valence-electron chi connectivity index (χ1n) is 5.20. The summed E-state index contributed by atoms with van der Waals surface area (Å²) in [4.78, 5) is 11.1. The average molecular weight is 252 g/mol. The molecule has 0 aliphatic carbocycles. The Labute approximate surface area is 101 Å². The predicted molar refractivity (Wildman–Crippen MR) is 65.6 cm³/mol. The summed E-state index contributed by atoms with van der Waals surface area (Å²) in [6, 6.07) is 0.713. The smallest absolute Gasteiger partial charge is 0.315 e. The van der Waals surface area contributed by atoms with Gasteiger partial charge in [-0.3, -0.25) is 0 Å². The van der Waals surface area contributed by atoms with Gasteiger partial charge in [-0.1, -0.05) is 6.42 Å². The summed E-state index contributed by atoms with van der Waals surface area (Å²) >= 11 is 1.97. The molecular weight excluding hydrogens is 234 g/mol. The van der Waals surface area contributed by atoms with Crippen LogP contribution in [0.4, 0.5) is 4.79 Å². The van der Waals surface area contributed by atoms with Crippen LogP contribution in [-0.2, 0) is 0 Å². The second kappa shape index (κ2) is 5.82. The Kier molecular flexibility index (Phi) is 5.02. The molecule has 2 heterocycles. The lowest BCUT2D eigenvalue weighted by molar-refractivity contribution is 0.247. The number of halogens is 1. The van der Waals surface area contributed by atoms with Crippen molar-refractivity contribution in [2.24, 2.45) is 5.73 Å². The maximum absolute atomic E-state index is 11.1. The van der Waals surface area contributed by atoms with Gasteiger partial charge >= 0.3 is 6.03 Å². The number of carbonyl (C=O) groups is 1. The summed E-state index contributed by atoms with van der Waals surface area (Å²) in [5.41, 5.74) is 5.45. The number of urea groups is 1. The van der Waals surface area contributed by atoms with Crippen molar-refractivity contribution in [3.63, 3.8) is 0 Å². The SMILES string of the molecule is Cl.NCCCCC1SCC2NC(=O)NC21. The lowest BCUT2D eigenvalue weighted by Gasteiger charge is -2.16. The average Bonchev–Trinajstić information content (AvgIpc) is 2.66. The maximum Gasteiger partial charge on any atom is 0.315 e. The first kappa shape index (κ1) is 12.9. The van der Waals surface area contributed by atoms with Crippen LogP contribution in [0.25, 0.3) is 0 Å². The number of amides is 2. The molecule has 0 aromatic rings. The van der Waals surface area contributed by atoms with Gasteiger partial charge in [0.2, 0.25) is 0 Å². The van der Waals surface area contributed by atoms with E-state index in [2.05, 4.69) is 10.6 Å². The van der Waals surface area contributed by atoms with Gasteiger partial charge in [0.1, 0.15) is 0 Å². The van der Waals surface area contributed by atoms with E-state index in [9.17, 15) is 4.79 Å². The Balaban J connectivity index is 0.00000112. The highest BCUT2D eigenvalue weighted by molar-refractivity contribution is 8.00. The lowest BCUT2D eigenvalue weighted by atomic mass is 10.0. The van der Waals surface area contributed by atoms with Crippen LogP contribution in [0.2, 0.25) is 0 Å². The summed E-state index contributed by atoms with van der Waals surface area (Å²) in [6.45, 7) is 0.774. The lowest BCUT2D eigenvalue weighted by Crippen LogP contribution is -2.36. The van der Waals surface area contributed by atoms with Crippen molar-refractivity contribution in [3.05, 3.63) is 0 Å². The van der Waals surface area contributed by atoms with Crippen LogP contribution >= 0.6 is 24.2 Å². The van der Waals surface area contributed by atoms with Gasteiger partial charge in [-0.05, 0) is 19.4 Å². The highest BCUT2D eigenvalue weighted by Crippen LogP contribution is 2.32. The molecule has 0 aromatic carbocycles. The number of thioether (sulfide) groups is 1. The molecule has 2 aliphatic heterocycles. The number of hydrogen-bond donors (Lipinski definition) is 3. The Morgan fingerprint density at radius 2 is 2.20 bits per heavy atom. The number of hydrogen-bond acceptors (Lipinski definition) is 3. The Morgan fingerprint density at radius 3 is 2.93 bits per heavy atom. The highest BCUT2D eigenvalue weighted by Gasteiger charge is 2.42. The van der Waals surface area contributed by atoms with Gasteiger partial charge in [-0.25, -0.2) is 4.79 Å². The van der Waals surface area contributed by atoms with Gasteiger partial charge in [0.15, 0.2) is 0 Å². The van der Waals surface area contributed by atoms with Gasteiger partial charge < -0.3 is 16.4 Å². The monoisotopic (exact) mass is 251 g/mol. The summed E-state index contributed by atoms with van der Waals surface area (Å²) in [6.07, 6.45) is 3.44. The van der Waals surface area contributed by atoms with Crippen molar-refractivity contribution in [2.45, 2.75) is 36.6 Å². The summed E-state index contributed by atoms with van der Waals surface area (Å²) < 4.78 is 0. The van der Waals surface area contributed by atoms with Crippen molar-refractivity contribution in [1.82, 2.24) is 10.6 Å². The van der Waals surface area contributed by atoms with Crippen molar-refractivity contribution >= 4 is 30.2 Å². The minimum absolute atomic E-state index is 0. The van der Waals surface area contributed by atoms with E-state index in [4.69, 9.17) is 5.73 Å². The minimum Gasteiger partial charge on any atom is -0.332 e. The molecule has 4 N–H and O–H groups in total. The van der Waals surface area contributed by atoms with Crippen molar-refractivity contribution in [3.8, 4) is 0 Å². The van der Waals surface area contributed by atoms with E-state index in [0.29, 0.717) is 17.3 Å². The van der Waals surface area contributed by atoms with Crippen LogP contribution in [-0.4, -0.2) is 35.7 Å². The Hall–Kier alpha value is -0.130. The van der Waals surface area contributed by atoms with Crippen LogP contribution in [0, 0.1) is 0 Å². The second-order valence-electron chi connectivity index (χ2n) is 3.91. The topological polar surface area (TPSA) is 67.1 Å². The first-order valence-corrected chi connectivity index (χ1v) is 6.25. The molecular formula is C9H18ClN3OS. The fourth-order valence-electron chi connectivity index (χ4n) is 2.13. The second-order valence-corrected chi connectivity index (χ2v) is 5.18. The molecule has 0 spiro atoms. The maximum atomic E-state index is 11.1. The molecule has 2 saturated heterocycles. The van der Waals surface area contributed by atoms with E-state index in [1.54, 1.807) is 0 Å². The largest absolute Gasteiger partial charge is 0.332 e. The molecule has 3 unspecified atom stereocenters. The van der Waals surface area contributed by atoms with Crippen LogP contribution < -0.4 is 16.4 Å². The van der Waals surface area contributed by atoms with Crippen molar-refractivity contribution in [2.75, 3.05) is 12.3 Å². The van der Waals surface area contributed by atoms with Crippen molar-refractivity contribution < 1.29 is 4.79 Å². The third-order valence-electron chi connectivity index (χ3n) is 2.88. The molecule has 2 rings (SSSR count). The zero-order valence-corrected chi connectivity index (χ0v) is 10.2. The normalized spacial score (nSPS) is 32.9. The van der Waals surface area contributed by atoms with Crippen LogP contribution in [0.1, 0.15) is 19.3 Å². The molecule has 4 nitrogen and oxygen atoms in total. The fourth-order valence-corrected chi connectivity index (χ4v) is 3.68. The number of fused-ring (bicyclic) bond motifs is 1. The molecule has 3 atom stereocenters.